The van der Waals surface area contributed by atoms with E-state index in [2.05, 4.69) is 11.6 Å². The molecule has 0 saturated carbocycles. The highest BCUT2D eigenvalue weighted by Gasteiger charge is 2.52. The van der Waals surface area contributed by atoms with E-state index in [4.69, 9.17) is 18.9 Å². The van der Waals surface area contributed by atoms with E-state index in [1.54, 1.807) is 19.1 Å². The lowest BCUT2D eigenvalue weighted by Crippen LogP contribution is -2.65. The molecular formula is C41H65NO7S. The molecule has 3 saturated heterocycles. The third-order valence-corrected chi connectivity index (χ3v) is 11.7. The predicted octanol–water partition coefficient (Wildman–Crippen LogP) is 9.44. The smallest absolute Gasteiger partial charge is 0.303 e. The summed E-state index contributed by atoms with van der Waals surface area (Å²) in [5.41, 5.74) is 0.794. The van der Waals surface area contributed by atoms with Gasteiger partial charge in [-0.3, -0.25) is 0 Å². The summed E-state index contributed by atoms with van der Waals surface area (Å²) >= 11 is 0. The zero-order chi connectivity index (χ0) is 35.5. The molecule has 9 heteroatoms. The molecule has 2 unspecified atom stereocenters. The summed E-state index contributed by atoms with van der Waals surface area (Å²) in [7, 11) is -4.09. The van der Waals surface area contributed by atoms with Crippen LogP contribution >= 0.6 is 0 Å². The van der Waals surface area contributed by atoms with Crippen LogP contribution in [0, 0.1) is 5.41 Å². The van der Waals surface area contributed by atoms with Gasteiger partial charge < -0.3 is 24.1 Å². The predicted molar refractivity (Wildman–Crippen MR) is 199 cm³/mol. The third kappa shape index (κ3) is 13.8. The Balaban J connectivity index is 1.40. The lowest BCUT2D eigenvalue weighted by atomic mass is 9.85. The van der Waals surface area contributed by atoms with Crippen LogP contribution in [0.1, 0.15) is 141 Å². The molecular weight excluding hydrogens is 651 g/mol. The monoisotopic (exact) mass is 715 g/mol. The second kappa shape index (κ2) is 21.5. The Morgan fingerprint density at radius 3 is 1.68 bits per heavy atom. The van der Waals surface area contributed by atoms with Crippen LogP contribution in [0.4, 0.5) is 0 Å². The number of aliphatic hydroxyl groups excluding tert-OH is 1. The standard InChI is InChI=1S/C41H65NO7S/c1-35(43)39(42-50(44,45)38-28-26-37(27-29-38)46-32-36-24-20-19-21-25-36)41-47-31-23-18-16-14-12-10-8-6-4-3-5-7-9-11-13-15-17-22-30-40(2,33-48-41)34-49-41/h19-21,24-29,35,39,42-43H,3-18,22-23,30-34H2,1-2H3. The number of sulfonamides is 1. The van der Waals surface area contributed by atoms with Gasteiger partial charge >= 0.3 is 5.97 Å². The first-order valence-corrected chi connectivity index (χ1v) is 21.1. The third-order valence-electron chi connectivity index (χ3n) is 10.2. The van der Waals surface area contributed by atoms with Crippen LogP contribution < -0.4 is 9.46 Å². The van der Waals surface area contributed by atoms with Crippen molar-refractivity contribution in [3.63, 3.8) is 0 Å². The van der Waals surface area contributed by atoms with Crippen LogP contribution in [-0.4, -0.2) is 51.5 Å². The quantitative estimate of drug-likeness (QED) is 0.281. The molecule has 2 aromatic rings. The average Bonchev–Trinajstić information content (AvgIpc) is 3.11. The minimum atomic E-state index is -4.09. The summed E-state index contributed by atoms with van der Waals surface area (Å²) < 4.78 is 55.2. The molecule has 2 bridgehead atoms. The average molecular weight is 716 g/mol. The zero-order valence-electron chi connectivity index (χ0n) is 30.9. The highest BCUT2D eigenvalue weighted by molar-refractivity contribution is 7.89. The Hall–Kier alpha value is -2.01. The van der Waals surface area contributed by atoms with Crippen molar-refractivity contribution >= 4 is 10.0 Å². The number of ether oxygens (including phenoxy) is 4. The van der Waals surface area contributed by atoms with Crippen LogP contribution in [0.25, 0.3) is 0 Å². The van der Waals surface area contributed by atoms with Crippen molar-refractivity contribution in [2.24, 2.45) is 5.41 Å². The Labute approximate surface area is 303 Å². The second-order valence-electron chi connectivity index (χ2n) is 15.0. The van der Waals surface area contributed by atoms with Crippen molar-refractivity contribution in [1.82, 2.24) is 4.72 Å². The number of nitrogens with one attached hydrogen (secondary N) is 1. The molecule has 50 heavy (non-hydrogen) atoms. The molecule has 282 valence electrons. The molecule has 0 spiro atoms. The van der Waals surface area contributed by atoms with Gasteiger partial charge in [0.15, 0.2) is 0 Å². The molecule has 3 aliphatic rings. The van der Waals surface area contributed by atoms with Gasteiger partial charge in [0.1, 0.15) is 18.4 Å². The fourth-order valence-corrected chi connectivity index (χ4v) is 8.29. The molecule has 0 aliphatic carbocycles. The van der Waals surface area contributed by atoms with Crippen molar-refractivity contribution in [3.05, 3.63) is 60.2 Å². The van der Waals surface area contributed by atoms with E-state index >= 15 is 0 Å². The maximum atomic E-state index is 13.7. The van der Waals surface area contributed by atoms with Gasteiger partial charge in [-0.25, -0.2) is 8.42 Å². The van der Waals surface area contributed by atoms with E-state index in [1.807, 2.05) is 30.3 Å². The Morgan fingerprint density at radius 1 is 0.700 bits per heavy atom. The van der Waals surface area contributed by atoms with E-state index < -0.39 is 28.1 Å². The molecule has 0 aromatic heterocycles. The number of hydrogen-bond acceptors (Lipinski definition) is 7. The number of fused-ring (bicyclic) bond motifs is 22. The maximum absolute atomic E-state index is 13.7. The van der Waals surface area contributed by atoms with E-state index in [-0.39, 0.29) is 10.3 Å². The van der Waals surface area contributed by atoms with E-state index in [0.717, 1.165) is 37.7 Å². The molecule has 8 nitrogen and oxygen atoms in total. The largest absolute Gasteiger partial charge is 0.489 e. The minimum absolute atomic E-state index is 0.0487. The van der Waals surface area contributed by atoms with Crippen LogP contribution in [0.15, 0.2) is 59.5 Å². The van der Waals surface area contributed by atoms with Gasteiger partial charge in [-0.05, 0) is 49.6 Å². The fourth-order valence-electron chi connectivity index (χ4n) is 6.98. The highest BCUT2D eigenvalue weighted by atomic mass is 32.2. The second-order valence-corrected chi connectivity index (χ2v) is 16.8. The van der Waals surface area contributed by atoms with E-state index in [1.165, 1.54) is 102 Å². The lowest BCUT2D eigenvalue weighted by molar-refractivity contribution is -0.432. The molecule has 0 radical (unpaired) electrons. The number of rotatable bonds is 8. The van der Waals surface area contributed by atoms with Crippen molar-refractivity contribution in [2.45, 2.75) is 165 Å². The SMILES string of the molecule is CC(O)C(NS(=O)(=O)c1ccc(OCc2ccccc2)cc1)C12OCCCCCCCCCCCCCCCCCCCCC(C)(CO1)CO2. The van der Waals surface area contributed by atoms with Gasteiger partial charge in [-0.2, -0.15) is 4.72 Å². The molecule has 3 fully saturated rings. The Morgan fingerprint density at radius 2 is 1.18 bits per heavy atom. The summed E-state index contributed by atoms with van der Waals surface area (Å²) in [5.74, 6) is -1.19. The van der Waals surface area contributed by atoms with Crippen molar-refractivity contribution in [1.29, 1.82) is 0 Å². The number of hydrogen-bond donors (Lipinski definition) is 2. The number of aliphatic hydroxyl groups is 1. The van der Waals surface area contributed by atoms with Gasteiger partial charge in [0, 0.05) is 5.41 Å². The molecule has 2 aromatic carbocycles. The van der Waals surface area contributed by atoms with Gasteiger partial charge in [-0.15, -0.1) is 0 Å². The zero-order valence-corrected chi connectivity index (χ0v) is 31.7. The van der Waals surface area contributed by atoms with Crippen molar-refractivity contribution in [3.8, 4) is 5.75 Å². The van der Waals surface area contributed by atoms with Crippen LogP contribution in [-0.2, 0) is 30.8 Å². The molecule has 2 N–H and O–H groups in total. The minimum Gasteiger partial charge on any atom is -0.489 e. The Kier molecular flexibility index (Phi) is 17.5. The van der Waals surface area contributed by atoms with E-state index in [0.29, 0.717) is 32.2 Å². The van der Waals surface area contributed by atoms with Gasteiger partial charge in [0.2, 0.25) is 10.0 Å². The first kappa shape index (κ1) is 40.8. The van der Waals surface area contributed by atoms with Crippen LogP contribution in [0.5, 0.6) is 5.75 Å². The highest BCUT2D eigenvalue weighted by Crippen LogP contribution is 2.38. The topological polar surface area (TPSA) is 103 Å². The van der Waals surface area contributed by atoms with E-state index in [9.17, 15) is 13.5 Å². The summed E-state index contributed by atoms with van der Waals surface area (Å²) in [5, 5.41) is 11.0. The maximum Gasteiger partial charge on any atom is 0.303 e. The first-order chi connectivity index (χ1) is 24.2. The summed E-state index contributed by atoms with van der Waals surface area (Å²) in [6, 6.07) is 14.9. The molecule has 0 amide bonds. The normalized spacial score (nSPS) is 26.2. The van der Waals surface area contributed by atoms with Gasteiger partial charge in [-0.1, -0.05) is 146 Å². The molecule has 3 heterocycles. The Bertz CT molecular complexity index is 1290. The van der Waals surface area contributed by atoms with Gasteiger partial charge in [0.25, 0.3) is 0 Å². The van der Waals surface area contributed by atoms with Crippen molar-refractivity contribution in [2.75, 3.05) is 19.8 Å². The summed E-state index contributed by atoms with van der Waals surface area (Å²) in [6.45, 7) is 5.13. The summed E-state index contributed by atoms with van der Waals surface area (Å²) in [6.07, 6.45) is 22.2. The molecule has 2 atom stereocenters. The first-order valence-electron chi connectivity index (χ1n) is 19.6. The molecule has 5 rings (SSSR count). The van der Waals surface area contributed by atoms with Crippen molar-refractivity contribution < 1.29 is 32.5 Å². The number of benzene rings is 2. The molecule has 3 aliphatic heterocycles. The van der Waals surface area contributed by atoms with Crippen LogP contribution in [0.3, 0.4) is 0 Å². The summed E-state index contributed by atoms with van der Waals surface area (Å²) in [4.78, 5) is 0.0487. The fraction of sp³-hybridized carbons (Fsp3) is 0.707. The lowest BCUT2D eigenvalue weighted by Gasteiger charge is -2.48. The van der Waals surface area contributed by atoms with Gasteiger partial charge in [0.05, 0.1) is 30.8 Å². The van der Waals surface area contributed by atoms with Crippen LogP contribution in [0.2, 0.25) is 0 Å².